The van der Waals surface area contributed by atoms with Crippen molar-refractivity contribution >= 4 is 11.3 Å². The third-order valence-corrected chi connectivity index (χ3v) is 3.31. The zero-order valence-corrected chi connectivity index (χ0v) is 9.69. The van der Waals surface area contributed by atoms with Crippen molar-refractivity contribution in [3.05, 3.63) is 57.0 Å². The lowest BCUT2D eigenvalue weighted by molar-refractivity contribution is 0.213. The van der Waals surface area contributed by atoms with Gasteiger partial charge in [0.25, 0.3) is 0 Å². The van der Waals surface area contributed by atoms with Crippen molar-refractivity contribution in [2.75, 3.05) is 0 Å². The molecule has 0 aliphatic carbocycles. The van der Waals surface area contributed by atoms with Crippen LogP contribution in [0.3, 0.4) is 0 Å². The van der Waals surface area contributed by atoms with E-state index in [2.05, 4.69) is 0 Å². The molecule has 1 aromatic carbocycles. The average molecular weight is 258 g/mol. The molecule has 0 radical (unpaired) electrons. The second kappa shape index (κ2) is 4.50. The minimum atomic E-state index is -1.56. The van der Waals surface area contributed by atoms with Gasteiger partial charge in [0.1, 0.15) is 6.10 Å². The van der Waals surface area contributed by atoms with E-state index in [1.165, 1.54) is 11.3 Å². The third-order valence-electron chi connectivity index (χ3n) is 2.43. The summed E-state index contributed by atoms with van der Waals surface area (Å²) in [4.78, 5) is 0.946. The molecule has 0 saturated carbocycles. The highest BCUT2D eigenvalue weighted by molar-refractivity contribution is 7.10. The third kappa shape index (κ3) is 2.21. The summed E-state index contributed by atoms with van der Waals surface area (Å²) in [6.45, 7) is 1.84. The monoisotopic (exact) mass is 258 g/mol. The molecule has 0 saturated heterocycles. The molecule has 1 atom stereocenters. The summed E-state index contributed by atoms with van der Waals surface area (Å²) < 4.78 is 39.2. The van der Waals surface area contributed by atoms with Gasteiger partial charge in [-0.05, 0) is 30.0 Å². The lowest BCUT2D eigenvalue weighted by Crippen LogP contribution is -2.04. The van der Waals surface area contributed by atoms with E-state index in [4.69, 9.17) is 0 Å². The molecule has 0 fully saturated rings. The molecule has 90 valence electrons. The number of hydrogen-bond acceptors (Lipinski definition) is 2. The average Bonchev–Trinajstić information content (AvgIpc) is 2.72. The van der Waals surface area contributed by atoms with Gasteiger partial charge in [-0.15, -0.1) is 11.3 Å². The normalized spacial score (nSPS) is 12.8. The van der Waals surface area contributed by atoms with Crippen LogP contribution in [0, 0.1) is 24.4 Å². The Hall–Kier alpha value is -1.33. The van der Waals surface area contributed by atoms with Crippen LogP contribution in [0.4, 0.5) is 13.2 Å². The van der Waals surface area contributed by atoms with Crippen molar-refractivity contribution in [1.82, 2.24) is 0 Å². The molecule has 2 aromatic rings. The van der Waals surface area contributed by atoms with Crippen LogP contribution in [0.25, 0.3) is 0 Å². The minimum Gasteiger partial charge on any atom is -0.384 e. The van der Waals surface area contributed by atoms with E-state index < -0.39 is 23.6 Å². The summed E-state index contributed by atoms with van der Waals surface area (Å²) in [6, 6.07) is 3.53. The summed E-state index contributed by atoms with van der Waals surface area (Å²) in [7, 11) is 0. The molecular formula is C12H9F3OS. The van der Waals surface area contributed by atoms with Gasteiger partial charge in [0.15, 0.2) is 17.5 Å². The highest BCUT2D eigenvalue weighted by atomic mass is 32.1. The van der Waals surface area contributed by atoms with Crippen molar-refractivity contribution in [2.45, 2.75) is 13.0 Å². The lowest BCUT2D eigenvalue weighted by atomic mass is 10.0. The van der Waals surface area contributed by atoms with Crippen molar-refractivity contribution in [3.63, 3.8) is 0 Å². The highest BCUT2D eigenvalue weighted by Gasteiger charge is 2.20. The molecule has 1 N–H and O–H groups in total. The Bertz CT molecular complexity index is 551. The van der Waals surface area contributed by atoms with Gasteiger partial charge < -0.3 is 5.11 Å². The Labute approximate surface area is 100 Å². The molecule has 0 aliphatic rings. The Balaban J connectivity index is 2.44. The van der Waals surface area contributed by atoms with E-state index in [0.29, 0.717) is 5.56 Å². The molecule has 0 amide bonds. The zero-order chi connectivity index (χ0) is 12.6. The zero-order valence-electron chi connectivity index (χ0n) is 8.88. The number of aryl methyl sites for hydroxylation is 1. The Kier molecular flexibility index (Phi) is 3.22. The van der Waals surface area contributed by atoms with Crippen molar-refractivity contribution < 1.29 is 18.3 Å². The first-order valence-electron chi connectivity index (χ1n) is 4.87. The smallest absolute Gasteiger partial charge is 0.194 e. The van der Waals surface area contributed by atoms with E-state index in [0.717, 1.165) is 17.0 Å². The molecule has 2 rings (SSSR count). The molecule has 0 bridgehead atoms. The first-order chi connectivity index (χ1) is 8.00. The topological polar surface area (TPSA) is 20.2 Å². The van der Waals surface area contributed by atoms with Gasteiger partial charge in [-0.1, -0.05) is 6.07 Å². The molecule has 1 nitrogen and oxygen atoms in total. The standard InChI is InChI=1S/C12H9F3OS/c1-6-4-7(5-17-6)12(16)8-2-3-9(13)11(15)10(8)14/h2-5,12,16H,1H3. The van der Waals surface area contributed by atoms with Crippen LogP contribution >= 0.6 is 11.3 Å². The van der Waals surface area contributed by atoms with Crippen LogP contribution in [0.5, 0.6) is 0 Å². The van der Waals surface area contributed by atoms with Gasteiger partial charge >= 0.3 is 0 Å². The number of benzene rings is 1. The van der Waals surface area contributed by atoms with Crippen LogP contribution in [0.15, 0.2) is 23.6 Å². The first kappa shape index (κ1) is 12.1. The largest absolute Gasteiger partial charge is 0.384 e. The van der Waals surface area contributed by atoms with Gasteiger partial charge in [-0.2, -0.15) is 0 Å². The fourth-order valence-corrected chi connectivity index (χ4v) is 2.26. The molecule has 17 heavy (non-hydrogen) atoms. The number of halogens is 3. The maximum atomic E-state index is 13.4. The summed E-state index contributed by atoms with van der Waals surface area (Å²) in [5, 5.41) is 11.5. The van der Waals surface area contributed by atoms with Crippen LogP contribution in [-0.4, -0.2) is 5.11 Å². The predicted molar refractivity (Wildman–Crippen MR) is 59.4 cm³/mol. The number of thiophene rings is 1. The lowest BCUT2D eigenvalue weighted by Gasteiger charge is -2.11. The highest BCUT2D eigenvalue weighted by Crippen LogP contribution is 2.29. The molecule has 5 heteroatoms. The predicted octanol–water partition coefficient (Wildman–Crippen LogP) is 3.56. The number of hydrogen-bond donors (Lipinski definition) is 1. The maximum Gasteiger partial charge on any atom is 0.194 e. The van der Waals surface area contributed by atoms with Crippen molar-refractivity contribution in [2.24, 2.45) is 0 Å². The van der Waals surface area contributed by atoms with Crippen molar-refractivity contribution in [1.29, 1.82) is 0 Å². The quantitative estimate of drug-likeness (QED) is 0.817. The summed E-state index contributed by atoms with van der Waals surface area (Å²) in [6.07, 6.45) is -1.28. The minimum absolute atomic E-state index is 0.262. The Morgan fingerprint density at radius 1 is 1.18 bits per heavy atom. The van der Waals surface area contributed by atoms with Gasteiger partial charge in [0.2, 0.25) is 0 Å². The van der Waals surface area contributed by atoms with Gasteiger partial charge in [0.05, 0.1) is 0 Å². The van der Waals surface area contributed by atoms with Crippen LogP contribution in [0.2, 0.25) is 0 Å². The van der Waals surface area contributed by atoms with E-state index in [9.17, 15) is 18.3 Å². The van der Waals surface area contributed by atoms with E-state index >= 15 is 0 Å². The molecular weight excluding hydrogens is 249 g/mol. The second-order valence-corrected chi connectivity index (χ2v) is 4.77. The SMILES string of the molecule is Cc1cc(C(O)c2ccc(F)c(F)c2F)cs1. The van der Waals surface area contributed by atoms with Crippen molar-refractivity contribution in [3.8, 4) is 0 Å². The summed E-state index contributed by atoms with van der Waals surface area (Å²) >= 11 is 1.39. The molecule has 1 aromatic heterocycles. The van der Waals surface area contributed by atoms with Gasteiger partial charge in [-0.3, -0.25) is 0 Å². The van der Waals surface area contributed by atoms with Crippen LogP contribution < -0.4 is 0 Å². The van der Waals surface area contributed by atoms with Gasteiger partial charge in [0, 0.05) is 10.4 Å². The number of aliphatic hydroxyl groups is 1. The van der Waals surface area contributed by atoms with E-state index in [1.807, 2.05) is 6.92 Å². The Morgan fingerprint density at radius 3 is 2.47 bits per heavy atom. The van der Waals surface area contributed by atoms with Gasteiger partial charge in [-0.25, -0.2) is 13.2 Å². The molecule has 1 unspecified atom stereocenters. The molecule has 1 heterocycles. The van der Waals surface area contributed by atoms with Crippen LogP contribution in [0.1, 0.15) is 22.1 Å². The Morgan fingerprint density at radius 2 is 1.88 bits per heavy atom. The molecule has 0 aliphatic heterocycles. The number of aliphatic hydroxyl groups excluding tert-OH is 1. The summed E-state index contributed by atoms with van der Waals surface area (Å²) in [5.74, 6) is -4.17. The van der Waals surface area contributed by atoms with E-state index in [-0.39, 0.29) is 5.56 Å². The number of rotatable bonds is 2. The van der Waals surface area contributed by atoms with Crippen LogP contribution in [-0.2, 0) is 0 Å². The fourth-order valence-electron chi connectivity index (χ4n) is 1.54. The second-order valence-electron chi connectivity index (χ2n) is 3.66. The fraction of sp³-hybridized carbons (Fsp3) is 0.167. The molecule has 0 spiro atoms. The summed E-state index contributed by atoms with van der Waals surface area (Å²) in [5.41, 5.74) is 0.208. The first-order valence-corrected chi connectivity index (χ1v) is 5.75. The maximum absolute atomic E-state index is 13.4. The van der Waals surface area contributed by atoms with E-state index in [1.54, 1.807) is 11.4 Å².